The number of nitro groups is 1. The van der Waals surface area contributed by atoms with Crippen molar-refractivity contribution in [3.05, 3.63) is 34.4 Å². The number of ether oxygens (including phenoxy) is 2. The van der Waals surface area contributed by atoms with Crippen LogP contribution >= 0.6 is 0 Å². The van der Waals surface area contributed by atoms with Gasteiger partial charge in [-0.2, -0.15) is 0 Å². The third-order valence-corrected chi connectivity index (χ3v) is 3.99. The first-order valence-corrected chi connectivity index (χ1v) is 8.63. The minimum Gasteiger partial charge on any atom is -0.760 e. The summed E-state index contributed by atoms with van der Waals surface area (Å²) in [4.78, 5) is 12.9. The van der Waals surface area contributed by atoms with Crippen molar-refractivity contribution in [3.8, 4) is 5.75 Å². The van der Waals surface area contributed by atoms with Crippen LogP contribution < -0.4 is 9.88 Å². The van der Waals surface area contributed by atoms with Crippen molar-refractivity contribution in [2.45, 2.75) is 12.5 Å². The van der Waals surface area contributed by atoms with Crippen LogP contribution in [0, 0.1) is 16.0 Å². The van der Waals surface area contributed by atoms with E-state index in [1.165, 1.54) is 6.07 Å². The molecule has 10 heteroatoms. The highest BCUT2D eigenvalue weighted by atomic mass is 32.2. The first kappa shape index (κ1) is 18.7. The molecule has 0 amide bonds. The van der Waals surface area contributed by atoms with E-state index in [0.29, 0.717) is 24.3 Å². The van der Waals surface area contributed by atoms with Crippen LogP contribution in [0.5, 0.6) is 5.75 Å². The van der Waals surface area contributed by atoms with Gasteiger partial charge in [0.15, 0.2) is 5.75 Å². The number of benzene rings is 1. The fourth-order valence-corrected chi connectivity index (χ4v) is 2.70. The van der Waals surface area contributed by atoms with Crippen molar-refractivity contribution in [1.29, 1.82) is 0 Å². The average Bonchev–Trinajstić information content (AvgIpc) is 2.91. The summed E-state index contributed by atoms with van der Waals surface area (Å²) < 4.78 is 28.4. The van der Waals surface area contributed by atoms with Gasteiger partial charge in [-0.3, -0.25) is 24.4 Å². The second kappa shape index (κ2) is 9.04. The highest BCUT2D eigenvalue weighted by molar-refractivity contribution is 7.76. The third kappa shape index (κ3) is 5.49. The summed E-state index contributed by atoms with van der Waals surface area (Å²) in [6, 6.07) is 7.10. The van der Waals surface area contributed by atoms with Crippen molar-refractivity contribution < 1.29 is 23.2 Å². The number of nitrogens with two attached hydrogens (primary N) is 1. The molecule has 0 spiro atoms. The SMILES string of the molecule is NS(=O)[O-].O=[N+]([O-])c1ccccc1OC[C@H]1CCN(C2COC2)C1. The summed E-state index contributed by atoms with van der Waals surface area (Å²) in [7, 11) is 0. The molecule has 2 saturated heterocycles. The summed E-state index contributed by atoms with van der Waals surface area (Å²) in [5.74, 6) is 0.804. The molecule has 0 aliphatic carbocycles. The number of nitro benzene ring substituents is 1. The van der Waals surface area contributed by atoms with E-state index in [4.69, 9.17) is 18.2 Å². The molecule has 134 valence electrons. The standard InChI is InChI=1S/C14H18N2O4.H3NO2S/c17-16(18)13-3-1-2-4-14(13)20-8-11-5-6-15(7-11)12-9-19-10-12;1-4(2)3/h1-4,11-12H,5-10H2;1H2,(H,2,3)/p-1/t11-;/m0./s1. The zero-order chi connectivity index (χ0) is 17.5. The number of nitrogens with zero attached hydrogens (tertiary/aromatic N) is 2. The van der Waals surface area contributed by atoms with Gasteiger partial charge in [0.05, 0.1) is 30.8 Å². The Balaban J connectivity index is 0.000000471. The molecular weight excluding hydrogens is 338 g/mol. The van der Waals surface area contributed by atoms with Crippen LogP contribution in [-0.4, -0.2) is 57.5 Å². The Hall–Kier alpha value is -1.59. The zero-order valence-corrected chi connectivity index (χ0v) is 13.9. The summed E-state index contributed by atoms with van der Waals surface area (Å²) >= 11 is -2.36. The fourth-order valence-electron chi connectivity index (χ4n) is 2.70. The van der Waals surface area contributed by atoms with E-state index in [9.17, 15) is 10.1 Å². The molecule has 0 saturated carbocycles. The Morgan fingerprint density at radius 3 is 2.67 bits per heavy atom. The summed E-state index contributed by atoms with van der Waals surface area (Å²) in [6.07, 6.45) is 1.08. The molecule has 2 N–H and O–H groups in total. The molecule has 1 unspecified atom stereocenters. The van der Waals surface area contributed by atoms with Gasteiger partial charge < -0.3 is 14.0 Å². The Morgan fingerprint density at radius 1 is 1.42 bits per heavy atom. The van der Waals surface area contributed by atoms with Crippen LogP contribution in [0.25, 0.3) is 0 Å². The summed E-state index contributed by atoms with van der Waals surface area (Å²) in [5, 5.41) is 14.9. The molecule has 1 aromatic rings. The lowest BCUT2D eigenvalue weighted by molar-refractivity contribution is -0.385. The molecule has 1 aromatic carbocycles. The fraction of sp³-hybridized carbons (Fsp3) is 0.571. The van der Waals surface area contributed by atoms with E-state index in [2.05, 4.69) is 10.0 Å². The molecule has 0 bridgehead atoms. The monoisotopic (exact) mass is 358 g/mol. The van der Waals surface area contributed by atoms with Crippen LogP contribution in [-0.2, 0) is 16.0 Å². The van der Waals surface area contributed by atoms with E-state index in [1.54, 1.807) is 18.2 Å². The number of hydrogen-bond acceptors (Lipinski definition) is 7. The molecule has 2 aliphatic rings. The summed E-state index contributed by atoms with van der Waals surface area (Å²) in [5.41, 5.74) is 0.0368. The third-order valence-electron chi connectivity index (χ3n) is 3.99. The van der Waals surface area contributed by atoms with Gasteiger partial charge in [0.25, 0.3) is 0 Å². The lowest BCUT2D eigenvalue weighted by Gasteiger charge is -2.34. The van der Waals surface area contributed by atoms with Gasteiger partial charge in [0.1, 0.15) is 0 Å². The van der Waals surface area contributed by atoms with Crippen LogP contribution in [0.4, 0.5) is 5.69 Å². The Morgan fingerprint density at radius 2 is 2.08 bits per heavy atom. The predicted octanol–water partition coefficient (Wildman–Crippen LogP) is 0.434. The van der Waals surface area contributed by atoms with Gasteiger partial charge in [0.2, 0.25) is 0 Å². The molecule has 2 aliphatic heterocycles. The molecule has 2 atom stereocenters. The average molecular weight is 358 g/mol. The second-order valence-corrected chi connectivity index (χ2v) is 6.16. The van der Waals surface area contributed by atoms with Crippen molar-refractivity contribution in [3.63, 3.8) is 0 Å². The van der Waals surface area contributed by atoms with Crippen LogP contribution in [0.3, 0.4) is 0 Å². The Kier molecular flexibility index (Phi) is 7.06. The molecule has 2 fully saturated rings. The minimum atomic E-state index is -2.36. The van der Waals surface area contributed by atoms with Gasteiger partial charge in [-0.05, 0) is 19.0 Å². The quantitative estimate of drug-likeness (QED) is 0.459. The normalized spacial score (nSPS) is 22.2. The van der Waals surface area contributed by atoms with E-state index >= 15 is 0 Å². The van der Waals surface area contributed by atoms with Gasteiger partial charge in [0, 0.05) is 29.8 Å². The van der Waals surface area contributed by atoms with Gasteiger partial charge in [-0.15, -0.1) is 0 Å². The van der Waals surface area contributed by atoms with Crippen LogP contribution in [0.1, 0.15) is 6.42 Å². The maximum atomic E-state index is 10.9. The largest absolute Gasteiger partial charge is 0.760 e. The van der Waals surface area contributed by atoms with Crippen molar-refractivity contribution in [2.24, 2.45) is 11.1 Å². The van der Waals surface area contributed by atoms with E-state index in [1.807, 2.05) is 0 Å². The molecule has 24 heavy (non-hydrogen) atoms. The lowest BCUT2D eigenvalue weighted by atomic mass is 10.1. The van der Waals surface area contributed by atoms with Gasteiger partial charge >= 0.3 is 5.69 Å². The maximum absolute atomic E-state index is 10.9. The first-order chi connectivity index (χ1) is 11.5. The van der Waals surface area contributed by atoms with Crippen LogP contribution in [0.2, 0.25) is 0 Å². The van der Waals surface area contributed by atoms with E-state index < -0.39 is 16.2 Å². The Labute approximate surface area is 142 Å². The maximum Gasteiger partial charge on any atom is 0.310 e. The molecule has 0 radical (unpaired) electrons. The van der Waals surface area contributed by atoms with Crippen molar-refractivity contribution in [2.75, 3.05) is 32.9 Å². The molecule has 9 nitrogen and oxygen atoms in total. The van der Waals surface area contributed by atoms with E-state index in [0.717, 1.165) is 32.7 Å². The number of hydrogen-bond donors (Lipinski definition) is 1. The van der Waals surface area contributed by atoms with Gasteiger partial charge in [-0.1, -0.05) is 12.1 Å². The van der Waals surface area contributed by atoms with Crippen LogP contribution in [0.15, 0.2) is 24.3 Å². The highest BCUT2D eigenvalue weighted by Gasteiger charge is 2.32. The molecular formula is C14H20N3O6S-. The van der Waals surface area contributed by atoms with Crippen molar-refractivity contribution >= 4 is 17.0 Å². The number of para-hydroxylation sites is 2. The second-order valence-electron chi connectivity index (χ2n) is 5.64. The highest BCUT2D eigenvalue weighted by Crippen LogP contribution is 2.28. The molecule has 2 heterocycles. The molecule has 0 aromatic heterocycles. The van der Waals surface area contributed by atoms with Gasteiger partial charge in [-0.25, -0.2) is 0 Å². The number of rotatable bonds is 5. The zero-order valence-electron chi connectivity index (χ0n) is 13.0. The lowest BCUT2D eigenvalue weighted by Crippen LogP contribution is -2.48. The minimum absolute atomic E-state index is 0.0368. The Bertz CT molecular complexity index is 579. The molecule has 3 rings (SSSR count). The van der Waals surface area contributed by atoms with Crippen molar-refractivity contribution in [1.82, 2.24) is 4.90 Å². The first-order valence-electron chi connectivity index (χ1n) is 7.49. The van der Waals surface area contributed by atoms with E-state index in [-0.39, 0.29) is 5.69 Å². The predicted molar refractivity (Wildman–Crippen MR) is 86.0 cm³/mol. The smallest absolute Gasteiger partial charge is 0.310 e. The number of likely N-dealkylation sites (tertiary alicyclic amines) is 1. The summed E-state index contributed by atoms with van der Waals surface area (Å²) in [6.45, 7) is 4.26. The topological polar surface area (TPSA) is 131 Å².